The largest absolute Gasteiger partial charge is 0.497 e. The van der Waals surface area contributed by atoms with Crippen molar-refractivity contribution in [2.24, 2.45) is 17.8 Å². The number of hydrogen-bond acceptors (Lipinski definition) is 11. The Labute approximate surface area is 320 Å². The first-order chi connectivity index (χ1) is 26.3. The van der Waals surface area contributed by atoms with E-state index in [0.717, 1.165) is 11.8 Å². The Morgan fingerprint density at radius 2 is 1.85 bits per heavy atom. The van der Waals surface area contributed by atoms with E-state index in [9.17, 15) is 32.7 Å². The lowest BCUT2D eigenvalue weighted by Crippen LogP contribution is -2.59. The van der Waals surface area contributed by atoms with E-state index in [1.807, 2.05) is 44.2 Å². The number of pyridine rings is 1. The number of carboxylic acid groups (broad SMARTS) is 1. The van der Waals surface area contributed by atoms with Crippen molar-refractivity contribution >= 4 is 50.4 Å². The lowest BCUT2D eigenvalue weighted by atomic mass is 9.88. The van der Waals surface area contributed by atoms with Gasteiger partial charge in [0.15, 0.2) is 0 Å². The zero-order valence-electron chi connectivity index (χ0n) is 31.4. The molecule has 7 atom stereocenters. The number of morpholine rings is 1. The van der Waals surface area contributed by atoms with Gasteiger partial charge in [-0.25, -0.2) is 13.2 Å². The zero-order valence-corrected chi connectivity index (χ0v) is 32.2. The van der Waals surface area contributed by atoms with Gasteiger partial charge in [-0.3, -0.25) is 19.1 Å². The van der Waals surface area contributed by atoms with Crippen molar-refractivity contribution in [2.45, 2.75) is 87.8 Å². The highest BCUT2D eigenvalue weighted by molar-refractivity contribution is 7.91. The van der Waals surface area contributed by atoms with Gasteiger partial charge in [-0.15, -0.1) is 0 Å². The van der Waals surface area contributed by atoms with Gasteiger partial charge in [-0.05, 0) is 80.0 Å². The SMILES string of the molecule is COc1ccc2c(O[C@@H]3C[C@H]4C(=O)N[C@]5(C(=O)NS(=O)(=O)C6CC6)C[C@H]5C=CCC[C@H](C)C[C@@H](C)[C@H](NC(=O)O)C(=O)N4C3)nc(N3CCOCC3)cc2c1. The smallest absolute Gasteiger partial charge is 0.405 e. The molecule has 4 fully saturated rings. The highest BCUT2D eigenvalue weighted by Gasteiger charge is 2.62. The molecule has 0 radical (unpaired) electrons. The number of fused-ring (bicyclic) bond motifs is 3. The Hall–Kier alpha value is -4.64. The van der Waals surface area contributed by atoms with E-state index in [4.69, 9.17) is 19.2 Å². The van der Waals surface area contributed by atoms with E-state index in [1.54, 1.807) is 13.2 Å². The van der Waals surface area contributed by atoms with Crippen LogP contribution in [0.3, 0.4) is 0 Å². The van der Waals surface area contributed by atoms with Gasteiger partial charge in [0.2, 0.25) is 27.7 Å². The number of nitrogens with zero attached hydrogens (tertiary/aromatic N) is 3. The highest BCUT2D eigenvalue weighted by atomic mass is 32.2. The molecule has 1 aromatic heterocycles. The fourth-order valence-electron chi connectivity index (χ4n) is 8.15. The minimum atomic E-state index is -3.92. The number of aromatic nitrogens is 1. The molecule has 2 saturated heterocycles. The number of carbonyl (C=O) groups is 4. The molecule has 7 rings (SSSR count). The number of methoxy groups -OCH3 is 1. The number of rotatable bonds is 8. The Morgan fingerprint density at radius 3 is 2.56 bits per heavy atom. The molecule has 5 aliphatic rings. The second-order valence-electron chi connectivity index (χ2n) is 15.7. The molecule has 55 heavy (non-hydrogen) atoms. The van der Waals surface area contributed by atoms with Crippen molar-refractivity contribution < 1.29 is 46.9 Å². The number of nitrogens with one attached hydrogen (secondary N) is 3. The summed E-state index contributed by atoms with van der Waals surface area (Å²) in [5.74, 6) is -1.22. The molecule has 2 saturated carbocycles. The fraction of sp³-hybridized carbons (Fsp3) is 0.605. The number of carbonyl (C=O) groups excluding carboxylic acids is 3. The summed E-state index contributed by atoms with van der Waals surface area (Å²) in [6, 6.07) is 5.11. The van der Waals surface area contributed by atoms with Crippen LogP contribution >= 0.6 is 0 Å². The number of benzene rings is 1. The van der Waals surface area contributed by atoms with Crippen molar-refractivity contribution in [1.82, 2.24) is 25.2 Å². The molecule has 4 heterocycles. The van der Waals surface area contributed by atoms with Crippen LogP contribution in [0.1, 0.15) is 58.8 Å². The van der Waals surface area contributed by atoms with Crippen molar-refractivity contribution in [2.75, 3.05) is 44.9 Å². The standard InChI is InChI=1S/C38H50N6O10S/c1-22-6-4-5-7-25-20-38(25,36(47)42-55(50,51)28-9-10-28)41-33(45)30-19-27(21-44(30)35(46)32(23(2)16-22)40-37(48)49)54-34-29-11-8-26(52-3)17-24(29)18-31(39-34)43-12-14-53-15-13-43/h5,7-8,11,17-18,22-23,25,27-28,30,32,40H,4,6,9-10,12-16,19-21H2,1-3H3,(H,41,45)(H,42,47)(H,48,49)/t22-,23+,25+,27+,30-,32-,38+/m0/s1. The summed E-state index contributed by atoms with van der Waals surface area (Å²) in [6.45, 7) is 6.10. The van der Waals surface area contributed by atoms with Crippen LogP contribution in [0, 0.1) is 17.8 Å². The molecule has 0 bridgehead atoms. The predicted octanol–water partition coefficient (Wildman–Crippen LogP) is 2.56. The minimum Gasteiger partial charge on any atom is -0.497 e. The highest BCUT2D eigenvalue weighted by Crippen LogP contribution is 2.46. The molecule has 4 amide bonds. The zero-order chi connectivity index (χ0) is 39.1. The van der Waals surface area contributed by atoms with Crippen molar-refractivity contribution in [1.29, 1.82) is 0 Å². The first kappa shape index (κ1) is 38.6. The molecule has 298 valence electrons. The maximum Gasteiger partial charge on any atom is 0.405 e. The molecule has 2 aliphatic carbocycles. The molecular formula is C38H50N6O10S. The van der Waals surface area contributed by atoms with Crippen LogP contribution in [0.5, 0.6) is 11.6 Å². The van der Waals surface area contributed by atoms with Gasteiger partial charge >= 0.3 is 6.09 Å². The third-order valence-electron chi connectivity index (χ3n) is 11.5. The van der Waals surface area contributed by atoms with Crippen LogP contribution in [0.4, 0.5) is 10.6 Å². The Bertz CT molecular complexity index is 1970. The van der Waals surface area contributed by atoms with Gasteiger partial charge in [-0.2, -0.15) is 4.98 Å². The van der Waals surface area contributed by atoms with Crippen LogP contribution in [0.25, 0.3) is 10.8 Å². The number of allylic oxidation sites excluding steroid dienone is 1. The van der Waals surface area contributed by atoms with Gasteiger partial charge in [0.1, 0.15) is 35.3 Å². The molecule has 3 aliphatic heterocycles. The topological polar surface area (TPSA) is 206 Å². The van der Waals surface area contributed by atoms with Crippen LogP contribution in [-0.2, 0) is 29.1 Å². The van der Waals surface area contributed by atoms with Gasteiger partial charge in [-0.1, -0.05) is 26.0 Å². The second-order valence-corrected chi connectivity index (χ2v) is 17.6. The number of sulfonamides is 1. The van der Waals surface area contributed by atoms with Crippen molar-refractivity contribution in [3.05, 3.63) is 36.4 Å². The predicted molar refractivity (Wildman–Crippen MR) is 201 cm³/mol. The molecule has 0 unspecified atom stereocenters. The lowest BCUT2D eigenvalue weighted by Gasteiger charge is -2.32. The van der Waals surface area contributed by atoms with Gasteiger partial charge in [0.25, 0.3) is 5.91 Å². The summed E-state index contributed by atoms with van der Waals surface area (Å²) in [5, 5.41) is 16.0. The minimum absolute atomic E-state index is 0.00182. The van der Waals surface area contributed by atoms with Crippen LogP contribution < -0.4 is 29.7 Å². The van der Waals surface area contributed by atoms with Crippen LogP contribution in [0.2, 0.25) is 0 Å². The lowest BCUT2D eigenvalue weighted by molar-refractivity contribution is -0.142. The maximum atomic E-state index is 14.5. The van der Waals surface area contributed by atoms with Crippen molar-refractivity contribution in [3.8, 4) is 11.6 Å². The Kier molecular flexibility index (Phi) is 10.9. The second kappa shape index (κ2) is 15.5. The third kappa shape index (κ3) is 8.32. The third-order valence-corrected chi connectivity index (χ3v) is 13.3. The molecule has 17 heteroatoms. The first-order valence-corrected chi connectivity index (χ1v) is 20.7. The molecular weight excluding hydrogens is 733 g/mol. The quantitative estimate of drug-likeness (QED) is 0.285. The first-order valence-electron chi connectivity index (χ1n) is 19.1. The number of ether oxygens (including phenoxy) is 3. The van der Waals surface area contributed by atoms with Crippen LogP contribution in [0.15, 0.2) is 36.4 Å². The summed E-state index contributed by atoms with van der Waals surface area (Å²) in [4.78, 5) is 63.1. The monoisotopic (exact) mass is 782 g/mol. The van der Waals surface area contributed by atoms with E-state index in [0.29, 0.717) is 68.9 Å². The van der Waals surface area contributed by atoms with E-state index < -0.39 is 74.7 Å². The van der Waals surface area contributed by atoms with E-state index >= 15 is 0 Å². The van der Waals surface area contributed by atoms with Gasteiger partial charge in [0, 0.05) is 30.8 Å². The van der Waals surface area contributed by atoms with Gasteiger partial charge in [0.05, 0.1) is 32.1 Å². The molecule has 16 nitrogen and oxygen atoms in total. The summed E-state index contributed by atoms with van der Waals surface area (Å²) in [6.07, 6.45) is 4.69. The number of anilines is 1. The number of hydrogen-bond donors (Lipinski definition) is 4. The summed E-state index contributed by atoms with van der Waals surface area (Å²) >= 11 is 0. The average molecular weight is 783 g/mol. The summed E-state index contributed by atoms with van der Waals surface area (Å²) in [7, 11) is -2.33. The molecule has 1 aromatic carbocycles. The van der Waals surface area contributed by atoms with Crippen molar-refractivity contribution in [3.63, 3.8) is 0 Å². The average Bonchev–Trinajstić information content (AvgIpc) is 4.08. The fourth-order valence-corrected chi connectivity index (χ4v) is 9.51. The number of amides is 4. The molecule has 4 N–H and O–H groups in total. The Balaban J connectivity index is 1.23. The van der Waals surface area contributed by atoms with Crippen LogP contribution in [-0.4, -0.2) is 116 Å². The summed E-state index contributed by atoms with van der Waals surface area (Å²) in [5.41, 5.74) is -1.54. The molecule has 2 aromatic rings. The summed E-state index contributed by atoms with van der Waals surface area (Å²) < 4.78 is 45.6. The molecule has 0 spiro atoms. The van der Waals surface area contributed by atoms with E-state index in [-0.39, 0.29) is 31.2 Å². The normalized spacial score (nSPS) is 30.3. The van der Waals surface area contributed by atoms with E-state index in [2.05, 4.69) is 20.3 Å². The maximum absolute atomic E-state index is 14.5. The van der Waals surface area contributed by atoms with Gasteiger partial charge < -0.3 is 39.8 Å². The Morgan fingerprint density at radius 1 is 1.09 bits per heavy atom. The van der Waals surface area contributed by atoms with E-state index in [1.165, 1.54) is 4.90 Å².